The highest BCUT2D eigenvalue weighted by Crippen LogP contribution is 2.20. The van der Waals surface area contributed by atoms with E-state index in [0.29, 0.717) is 0 Å². The minimum Gasteiger partial charge on any atom is -0.309 e. The third kappa shape index (κ3) is 3.15. The van der Waals surface area contributed by atoms with Crippen LogP contribution in [0.1, 0.15) is 5.56 Å². The molecular formula is C16H15N. The molecule has 17 heavy (non-hydrogen) atoms. The molecule has 2 aromatic rings. The smallest absolute Gasteiger partial charge is 0.0174 e. The molecule has 0 saturated heterocycles. The summed E-state index contributed by atoms with van der Waals surface area (Å²) < 4.78 is 0. The van der Waals surface area contributed by atoms with Crippen molar-refractivity contribution in [1.82, 2.24) is 0 Å². The average molecular weight is 221 g/mol. The van der Waals surface area contributed by atoms with Gasteiger partial charge in [0.2, 0.25) is 0 Å². The van der Waals surface area contributed by atoms with E-state index in [9.17, 15) is 0 Å². The monoisotopic (exact) mass is 221 g/mol. The maximum atomic E-state index is 6.93. The van der Waals surface area contributed by atoms with Gasteiger partial charge in [0.15, 0.2) is 0 Å². The molecule has 0 unspecified atom stereocenters. The molecule has 0 saturated carbocycles. The molecule has 1 nitrogen and oxygen atoms in total. The van der Waals surface area contributed by atoms with Crippen LogP contribution in [0.5, 0.6) is 0 Å². The molecule has 0 fully saturated rings. The summed E-state index contributed by atoms with van der Waals surface area (Å²) in [6, 6.07) is 18.9. The summed E-state index contributed by atoms with van der Waals surface area (Å²) >= 11 is 0. The highest BCUT2D eigenvalue weighted by atomic mass is 14.3. The second kappa shape index (κ2) is 5.80. The first-order valence-electron chi connectivity index (χ1n) is 5.70. The molecule has 0 aromatic heterocycles. The van der Waals surface area contributed by atoms with Crippen LogP contribution >= 0.6 is 0 Å². The summed E-state index contributed by atoms with van der Waals surface area (Å²) in [6.07, 6.45) is 5.93. The van der Waals surface area contributed by atoms with Gasteiger partial charge in [0.25, 0.3) is 0 Å². The first kappa shape index (κ1) is 11.3. The summed E-state index contributed by atoms with van der Waals surface area (Å²) in [7, 11) is 0. The van der Waals surface area contributed by atoms with Gasteiger partial charge in [-0.2, -0.15) is 0 Å². The van der Waals surface area contributed by atoms with Gasteiger partial charge in [-0.25, -0.2) is 0 Å². The predicted molar refractivity (Wildman–Crippen MR) is 73.5 cm³/mol. The Labute approximate surface area is 102 Å². The number of nitrogens with one attached hydrogen (secondary N) is 1. The van der Waals surface area contributed by atoms with Gasteiger partial charge in [0.1, 0.15) is 0 Å². The second-order valence-corrected chi connectivity index (χ2v) is 3.87. The fourth-order valence-corrected chi connectivity index (χ4v) is 1.78. The number of rotatable bonds is 4. The van der Waals surface area contributed by atoms with E-state index in [-0.39, 0.29) is 0 Å². The zero-order valence-corrected chi connectivity index (χ0v) is 9.64. The van der Waals surface area contributed by atoms with E-state index in [1.165, 1.54) is 22.9 Å². The molecule has 1 N–H and O–H groups in total. The van der Waals surface area contributed by atoms with Gasteiger partial charge in [-0.05, 0) is 29.2 Å². The van der Waals surface area contributed by atoms with Crippen molar-refractivity contribution in [3.63, 3.8) is 0 Å². The lowest BCUT2D eigenvalue weighted by atomic mass is 10.0. The van der Waals surface area contributed by atoms with Crippen molar-refractivity contribution in [2.24, 2.45) is 0 Å². The van der Waals surface area contributed by atoms with E-state index in [2.05, 4.69) is 48.5 Å². The Morgan fingerprint density at radius 3 is 2.41 bits per heavy atom. The third-order valence-corrected chi connectivity index (χ3v) is 2.62. The van der Waals surface area contributed by atoms with Crippen LogP contribution in [0.25, 0.3) is 11.1 Å². The van der Waals surface area contributed by atoms with Crippen LogP contribution in [-0.2, 0) is 6.42 Å². The first-order chi connectivity index (χ1) is 8.40. The lowest BCUT2D eigenvalue weighted by molar-refractivity contribution is 1.27. The van der Waals surface area contributed by atoms with Crippen molar-refractivity contribution in [1.29, 1.82) is 5.41 Å². The fourth-order valence-electron chi connectivity index (χ4n) is 1.78. The molecule has 0 aliphatic rings. The van der Waals surface area contributed by atoms with Crippen molar-refractivity contribution in [2.45, 2.75) is 6.42 Å². The molecule has 84 valence electrons. The summed E-state index contributed by atoms with van der Waals surface area (Å²) in [5.74, 6) is 0. The van der Waals surface area contributed by atoms with Gasteiger partial charge < -0.3 is 5.41 Å². The van der Waals surface area contributed by atoms with E-state index in [1.54, 1.807) is 6.08 Å². The number of benzene rings is 2. The summed E-state index contributed by atoms with van der Waals surface area (Å²) in [5, 5.41) is 6.93. The van der Waals surface area contributed by atoms with Gasteiger partial charge >= 0.3 is 0 Å². The van der Waals surface area contributed by atoms with Gasteiger partial charge in [-0.15, -0.1) is 0 Å². The lowest BCUT2D eigenvalue weighted by Gasteiger charge is -2.03. The van der Waals surface area contributed by atoms with Crippen molar-refractivity contribution in [3.05, 3.63) is 72.3 Å². The molecule has 0 amide bonds. The quantitative estimate of drug-likeness (QED) is 0.751. The molecule has 1 heteroatoms. The van der Waals surface area contributed by atoms with Crippen LogP contribution in [0, 0.1) is 5.41 Å². The van der Waals surface area contributed by atoms with Crippen LogP contribution < -0.4 is 0 Å². The number of hydrogen-bond donors (Lipinski definition) is 1. The highest BCUT2D eigenvalue weighted by molar-refractivity contribution is 5.68. The standard InChI is InChI=1S/C16H15N/c17-12-5-4-7-14-8-6-11-16(13-14)15-9-2-1-3-10-15/h1-6,8-13,17H,7H2/b5-4-,17-12?. The van der Waals surface area contributed by atoms with Crippen molar-refractivity contribution in [2.75, 3.05) is 0 Å². The van der Waals surface area contributed by atoms with Gasteiger partial charge in [0, 0.05) is 6.21 Å². The highest BCUT2D eigenvalue weighted by Gasteiger charge is 1.97. The predicted octanol–water partition coefficient (Wildman–Crippen LogP) is 4.10. The Balaban J connectivity index is 2.23. The Morgan fingerprint density at radius 1 is 0.882 bits per heavy atom. The van der Waals surface area contributed by atoms with Crippen LogP contribution in [0.15, 0.2) is 66.7 Å². The van der Waals surface area contributed by atoms with Crippen LogP contribution in [0.4, 0.5) is 0 Å². The summed E-state index contributed by atoms with van der Waals surface area (Å²) in [6.45, 7) is 0. The van der Waals surface area contributed by atoms with Gasteiger partial charge in [-0.1, -0.05) is 60.7 Å². The van der Waals surface area contributed by atoms with Crippen molar-refractivity contribution >= 4 is 6.21 Å². The summed E-state index contributed by atoms with van der Waals surface area (Å²) in [5.41, 5.74) is 3.75. The Hall–Kier alpha value is -2.15. The van der Waals surface area contributed by atoms with Crippen LogP contribution in [0.3, 0.4) is 0 Å². The van der Waals surface area contributed by atoms with Crippen LogP contribution in [-0.4, -0.2) is 6.21 Å². The molecular weight excluding hydrogens is 206 g/mol. The van der Waals surface area contributed by atoms with E-state index in [1.807, 2.05) is 12.1 Å². The molecule has 0 heterocycles. The minimum absolute atomic E-state index is 0.871. The third-order valence-electron chi connectivity index (χ3n) is 2.62. The van der Waals surface area contributed by atoms with E-state index in [0.717, 1.165) is 6.42 Å². The zero-order chi connectivity index (χ0) is 11.9. The summed E-state index contributed by atoms with van der Waals surface area (Å²) in [4.78, 5) is 0. The maximum Gasteiger partial charge on any atom is 0.0174 e. The molecule has 0 atom stereocenters. The second-order valence-electron chi connectivity index (χ2n) is 3.87. The van der Waals surface area contributed by atoms with Crippen molar-refractivity contribution in [3.8, 4) is 11.1 Å². The molecule has 2 rings (SSSR count). The molecule has 0 aliphatic heterocycles. The van der Waals surface area contributed by atoms with Gasteiger partial charge in [0.05, 0.1) is 0 Å². The normalized spacial score (nSPS) is 10.6. The molecule has 2 aromatic carbocycles. The lowest BCUT2D eigenvalue weighted by Crippen LogP contribution is -1.83. The number of hydrogen-bond acceptors (Lipinski definition) is 1. The van der Waals surface area contributed by atoms with E-state index >= 15 is 0 Å². The van der Waals surface area contributed by atoms with E-state index in [4.69, 9.17) is 5.41 Å². The average Bonchev–Trinajstić information content (AvgIpc) is 2.41. The Morgan fingerprint density at radius 2 is 1.65 bits per heavy atom. The van der Waals surface area contributed by atoms with Crippen molar-refractivity contribution < 1.29 is 0 Å². The largest absolute Gasteiger partial charge is 0.309 e. The molecule has 0 aliphatic carbocycles. The maximum absolute atomic E-state index is 6.93. The van der Waals surface area contributed by atoms with Crippen LogP contribution in [0.2, 0.25) is 0 Å². The Kier molecular flexibility index (Phi) is 3.87. The molecule has 0 bridgehead atoms. The SMILES string of the molecule is N=C/C=C\Cc1cccc(-c2ccccc2)c1. The van der Waals surface area contributed by atoms with E-state index < -0.39 is 0 Å². The Bertz CT molecular complexity index is 512. The number of allylic oxidation sites excluding steroid dienone is 2. The fraction of sp³-hybridized carbons (Fsp3) is 0.0625. The minimum atomic E-state index is 0.871. The van der Waals surface area contributed by atoms with Gasteiger partial charge in [-0.3, -0.25) is 0 Å². The molecule has 0 radical (unpaired) electrons. The first-order valence-corrected chi connectivity index (χ1v) is 5.70. The zero-order valence-electron chi connectivity index (χ0n) is 9.64. The topological polar surface area (TPSA) is 23.9 Å². The molecule has 0 spiro atoms.